The van der Waals surface area contributed by atoms with Crippen LogP contribution in [0, 0.1) is 0 Å². The summed E-state index contributed by atoms with van der Waals surface area (Å²) in [5.41, 5.74) is 7.63. The normalized spacial score (nSPS) is 9.93. The highest BCUT2D eigenvalue weighted by atomic mass is 16.5. The van der Waals surface area contributed by atoms with Gasteiger partial charge in [-0.25, -0.2) is 4.98 Å². The Bertz CT molecular complexity index is 457. The first-order valence-electron chi connectivity index (χ1n) is 4.51. The number of aromatic nitrogens is 2. The van der Waals surface area contributed by atoms with Crippen LogP contribution in [0.2, 0.25) is 0 Å². The van der Waals surface area contributed by atoms with Gasteiger partial charge in [0, 0.05) is 24.2 Å². The van der Waals surface area contributed by atoms with Gasteiger partial charge >= 0.3 is 0 Å². The minimum Gasteiger partial charge on any atom is -0.493 e. The zero-order valence-electron chi connectivity index (χ0n) is 8.34. The van der Waals surface area contributed by atoms with Crippen molar-refractivity contribution in [2.45, 2.75) is 0 Å². The standard InChI is InChI=1S/C11H11N3O/c1-15-10-6-9(7-14-11(10)12)8-2-4-13-5-3-8/h2-7H,1H3,(H2,12,14). The van der Waals surface area contributed by atoms with Crippen LogP contribution in [-0.4, -0.2) is 17.1 Å². The van der Waals surface area contributed by atoms with Crippen LogP contribution in [0.4, 0.5) is 5.82 Å². The first-order chi connectivity index (χ1) is 7.31. The van der Waals surface area contributed by atoms with Crippen LogP contribution in [0.15, 0.2) is 36.8 Å². The van der Waals surface area contributed by atoms with E-state index in [4.69, 9.17) is 10.5 Å². The molecule has 0 saturated carbocycles. The molecule has 2 aromatic heterocycles. The number of pyridine rings is 2. The number of hydrogen-bond donors (Lipinski definition) is 1. The van der Waals surface area contributed by atoms with Crippen LogP contribution >= 0.6 is 0 Å². The van der Waals surface area contributed by atoms with Crippen molar-refractivity contribution in [2.24, 2.45) is 0 Å². The van der Waals surface area contributed by atoms with E-state index in [1.165, 1.54) is 0 Å². The van der Waals surface area contributed by atoms with Crippen LogP contribution in [0.3, 0.4) is 0 Å². The van der Waals surface area contributed by atoms with Crippen molar-refractivity contribution in [3.8, 4) is 16.9 Å². The Morgan fingerprint density at radius 3 is 2.60 bits per heavy atom. The maximum absolute atomic E-state index is 5.63. The van der Waals surface area contributed by atoms with Crippen molar-refractivity contribution in [3.63, 3.8) is 0 Å². The number of nitrogen functional groups attached to an aromatic ring is 1. The Morgan fingerprint density at radius 1 is 1.20 bits per heavy atom. The maximum atomic E-state index is 5.63. The summed E-state index contributed by atoms with van der Waals surface area (Å²) in [7, 11) is 1.57. The highest BCUT2D eigenvalue weighted by Gasteiger charge is 2.03. The minimum atomic E-state index is 0.398. The predicted molar refractivity (Wildman–Crippen MR) is 58.4 cm³/mol. The predicted octanol–water partition coefficient (Wildman–Crippen LogP) is 1.73. The molecule has 76 valence electrons. The second kappa shape index (κ2) is 3.96. The fourth-order valence-corrected chi connectivity index (χ4v) is 1.32. The summed E-state index contributed by atoms with van der Waals surface area (Å²) in [6, 6.07) is 5.68. The zero-order chi connectivity index (χ0) is 10.7. The van der Waals surface area contributed by atoms with Crippen LogP contribution in [0.5, 0.6) is 5.75 Å². The molecule has 0 fully saturated rings. The van der Waals surface area contributed by atoms with E-state index in [-0.39, 0.29) is 0 Å². The van der Waals surface area contributed by atoms with Gasteiger partial charge in [0.15, 0.2) is 11.6 Å². The molecule has 2 N–H and O–H groups in total. The van der Waals surface area contributed by atoms with Crippen molar-refractivity contribution in [3.05, 3.63) is 36.8 Å². The SMILES string of the molecule is COc1cc(-c2ccncc2)cnc1N. The third-order valence-corrected chi connectivity index (χ3v) is 2.12. The lowest BCUT2D eigenvalue weighted by Gasteiger charge is -2.06. The topological polar surface area (TPSA) is 61.0 Å². The Morgan fingerprint density at radius 2 is 1.93 bits per heavy atom. The third-order valence-electron chi connectivity index (χ3n) is 2.12. The van der Waals surface area contributed by atoms with Gasteiger partial charge in [-0.3, -0.25) is 4.98 Å². The van der Waals surface area contributed by atoms with E-state index in [1.807, 2.05) is 18.2 Å². The van der Waals surface area contributed by atoms with E-state index in [9.17, 15) is 0 Å². The summed E-state index contributed by atoms with van der Waals surface area (Å²) in [6.07, 6.45) is 5.18. The Kier molecular flexibility index (Phi) is 2.49. The van der Waals surface area contributed by atoms with Crippen molar-refractivity contribution >= 4 is 5.82 Å². The number of nitrogens with zero attached hydrogens (tertiary/aromatic N) is 2. The highest BCUT2D eigenvalue weighted by molar-refractivity contribution is 5.66. The van der Waals surface area contributed by atoms with Gasteiger partial charge in [0.2, 0.25) is 0 Å². The van der Waals surface area contributed by atoms with E-state index < -0.39 is 0 Å². The van der Waals surface area contributed by atoms with E-state index in [2.05, 4.69) is 9.97 Å². The first-order valence-corrected chi connectivity index (χ1v) is 4.51. The molecule has 0 aromatic carbocycles. The third kappa shape index (κ3) is 1.88. The van der Waals surface area contributed by atoms with Crippen LogP contribution in [-0.2, 0) is 0 Å². The van der Waals surface area contributed by atoms with Crippen molar-refractivity contribution in [2.75, 3.05) is 12.8 Å². The van der Waals surface area contributed by atoms with Gasteiger partial charge in [0.05, 0.1) is 7.11 Å². The molecule has 0 unspecified atom stereocenters. The fraction of sp³-hybridized carbons (Fsp3) is 0.0909. The fourth-order valence-electron chi connectivity index (χ4n) is 1.32. The van der Waals surface area contributed by atoms with Gasteiger partial charge in [0.25, 0.3) is 0 Å². The monoisotopic (exact) mass is 201 g/mol. The summed E-state index contributed by atoms with van der Waals surface area (Å²) >= 11 is 0. The number of anilines is 1. The molecule has 2 heterocycles. The number of methoxy groups -OCH3 is 1. The largest absolute Gasteiger partial charge is 0.493 e. The summed E-state index contributed by atoms with van der Waals surface area (Å²) in [5.74, 6) is 0.986. The van der Waals surface area contributed by atoms with Gasteiger partial charge in [-0.15, -0.1) is 0 Å². The number of ether oxygens (including phenoxy) is 1. The quantitative estimate of drug-likeness (QED) is 0.803. The molecule has 4 nitrogen and oxygen atoms in total. The molecule has 0 aliphatic rings. The van der Waals surface area contributed by atoms with E-state index >= 15 is 0 Å². The molecule has 0 aliphatic carbocycles. The molecule has 0 radical (unpaired) electrons. The summed E-state index contributed by atoms with van der Waals surface area (Å²) in [4.78, 5) is 8.01. The first kappa shape index (κ1) is 9.45. The Labute approximate surface area is 87.7 Å². The lowest BCUT2D eigenvalue weighted by atomic mass is 10.1. The maximum Gasteiger partial charge on any atom is 0.166 e. The Balaban J connectivity index is 2.46. The van der Waals surface area contributed by atoms with Gasteiger partial charge in [-0.2, -0.15) is 0 Å². The van der Waals surface area contributed by atoms with E-state index in [0.29, 0.717) is 11.6 Å². The molecule has 0 atom stereocenters. The number of nitrogens with two attached hydrogens (primary N) is 1. The Hall–Kier alpha value is -2.10. The van der Waals surface area contributed by atoms with Gasteiger partial charge < -0.3 is 10.5 Å². The van der Waals surface area contributed by atoms with Crippen molar-refractivity contribution in [1.29, 1.82) is 0 Å². The van der Waals surface area contributed by atoms with Gasteiger partial charge in [0.1, 0.15) is 0 Å². The van der Waals surface area contributed by atoms with Gasteiger partial charge in [-0.05, 0) is 23.8 Å². The van der Waals surface area contributed by atoms with E-state index in [0.717, 1.165) is 11.1 Å². The summed E-state index contributed by atoms with van der Waals surface area (Å²) in [6.45, 7) is 0. The number of hydrogen-bond acceptors (Lipinski definition) is 4. The lowest BCUT2D eigenvalue weighted by Crippen LogP contribution is -1.95. The molecule has 15 heavy (non-hydrogen) atoms. The second-order valence-corrected chi connectivity index (χ2v) is 3.05. The van der Waals surface area contributed by atoms with Crippen LogP contribution in [0.25, 0.3) is 11.1 Å². The second-order valence-electron chi connectivity index (χ2n) is 3.05. The average Bonchev–Trinajstić information content (AvgIpc) is 2.31. The van der Waals surface area contributed by atoms with Crippen molar-refractivity contribution < 1.29 is 4.74 Å². The average molecular weight is 201 g/mol. The molecule has 0 spiro atoms. The van der Waals surface area contributed by atoms with Crippen LogP contribution in [0.1, 0.15) is 0 Å². The molecule has 4 heteroatoms. The molecular formula is C11H11N3O. The van der Waals surface area contributed by atoms with Crippen LogP contribution < -0.4 is 10.5 Å². The summed E-state index contributed by atoms with van der Waals surface area (Å²) < 4.78 is 5.10. The molecule has 2 aromatic rings. The van der Waals surface area contributed by atoms with E-state index in [1.54, 1.807) is 25.7 Å². The molecular weight excluding hydrogens is 190 g/mol. The lowest BCUT2D eigenvalue weighted by molar-refractivity contribution is 0.415. The summed E-state index contributed by atoms with van der Waals surface area (Å²) in [5, 5.41) is 0. The smallest absolute Gasteiger partial charge is 0.166 e. The highest BCUT2D eigenvalue weighted by Crippen LogP contribution is 2.25. The number of rotatable bonds is 2. The van der Waals surface area contributed by atoms with Gasteiger partial charge in [-0.1, -0.05) is 0 Å². The molecule has 0 saturated heterocycles. The zero-order valence-corrected chi connectivity index (χ0v) is 8.34. The molecule has 0 bridgehead atoms. The van der Waals surface area contributed by atoms with Crippen molar-refractivity contribution in [1.82, 2.24) is 9.97 Å². The minimum absolute atomic E-state index is 0.398. The molecule has 2 rings (SSSR count). The molecule has 0 aliphatic heterocycles. The molecule has 0 amide bonds.